The van der Waals surface area contributed by atoms with Crippen LogP contribution in [0.2, 0.25) is 0 Å². The fraction of sp³-hybridized carbons (Fsp3) is 0.462. The fourth-order valence-electron chi connectivity index (χ4n) is 2.16. The molecule has 1 aliphatic heterocycles. The molecule has 1 aliphatic rings. The number of carbonyl (C=O) groups excluding carboxylic acids is 1. The Labute approximate surface area is 105 Å². The lowest BCUT2D eigenvalue weighted by Gasteiger charge is -2.22. The summed E-state index contributed by atoms with van der Waals surface area (Å²) < 4.78 is 25.9. The van der Waals surface area contributed by atoms with E-state index in [0.717, 1.165) is 44.0 Å². The maximum Gasteiger partial charge on any atom is 0.225 e. The van der Waals surface area contributed by atoms with Crippen molar-refractivity contribution in [3.8, 4) is 0 Å². The van der Waals surface area contributed by atoms with Crippen molar-refractivity contribution >= 4 is 11.6 Å². The molecule has 2 rings (SSSR count). The van der Waals surface area contributed by atoms with E-state index in [1.54, 1.807) is 0 Å². The van der Waals surface area contributed by atoms with Crippen LogP contribution in [-0.4, -0.2) is 18.5 Å². The summed E-state index contributed by atoms with van der Waals surface area (Å²) >= 11 is 0. The Morgan fingerprint density at radius 1 is 1.28 bits per heavy atom. The van der Waals surface area contributed by atoms with Crippen molar-refractivity contribution in [2.75, 3.05) is 11.9 Å². The van der Waals surface area contributed by atoms with Gasteiger partial charge in [0.25, 0.3) is 0 Å². The first-order valence-electron chi connectivity index (χ1n) is 6.13. The number of hydrogen-bond donors (Lipinski definition) is 2. The highest BCUT2D eigenvalue weighted by Crippen LogP contribution is 2.15. The Morgan fingerprint density at radius 3 is 2.61 bits per heavy atom. The van der Waals surface area contributed by atoms with Crippen molar-refractivity contribution in [3.63, 3.8) is 0 Å². The van der Waals surface area contributed by atoms with Gasteiger partial charge in [-0.1, -0.05) is 6.42 Å². The smallest absolute Gasteiger partial charge is 0.225 e. The average Bonchev–Trinajstić information content (AvgIpc) is 2.28. The Morgan fingerprint density at radius 2 is 2.00 bits per heavy atom. The standard InChI is InChI=1S/C13H16F2N2O/c14-9-5-10(15)7-12(6-9)17-13(18)8-11-3-1-2-4-16-11/h5-7,11,16H,1-4,8H2,(H,17,18). The minimum absolute atomic E-state index is 0.160. The van der Waals surface area contributed by atoms with Crippen LogP contribution in [0.25, 0.3) is 0 Å². The normalized spacial score (nSPS) is 19.6. The number of piperidine rings is 1. The van der Waals surface area contributed by atoms with Gasteiger partial charge in [0.15, 0.2) is 0 Å². The molecule has 1 atom stereocenters. The monoisotopic (exact) mass is 254 g/mol. The number of anilines is 1. The van der Waals surface area contributed by atoms with Gasteiger partial charge in [0, 0.05) is 24.2 Å². The van der Waals surface area contributed by atoms with Crippen LogP contribution in [0.3, 0.4) is 0 Å². The zero-order valence-corrected chi connectivity index (χ0v) is 10.0. The van der Waals surface area contributed by atoms with Gasteiger partial charge in [0.05, 0.1) is 0 Å². The van der Waals surface area contributed by atoms with Gasteiger partial charge in [0.1, 0.15) is 11.6 Å². The molecular weight excluding hydrogens is 238 g/mol. The maximum atomic E-state index is 12.9. The molecule has 1 unspecified atom stereocenters. The molecule has 3 nitrogen and oxygen atoms in total. The molecule has 1 heterocycles. The second kappa shape index (κ2) is 5.91. The number of benzene rings is 1. The van der Waals surface area contributed by atoms with E-state index in [1.165, 1.54) is 0 Å². The summed E-state index contributed by atoms with van der Waals surface area (Å²) in [6.45, 7) is 0.923. The largest absolute Gasteiger partial charge is 0.326 e. The van der Waals surface area contributed by atoms with Crippen LogP contribution in [0.4, 0.5) is 14.5 Å². The lowest BCUT2D eigenvalue weighted by atomic mass is 10.0. The average molecular weight is 254 g/mol. The quantitative estimate of drug-likeness (QED) is 0.869. The van der Waals surface area contributed by atoms with Gasteiger partial charge in [-0.05, 0) is 31.5 Å². The van der Waals surface area contributed by atoms with Gasteiger partial charge < -0.3 is 10.6 Å². The van der Waals surface area contributed by atoms with E-state index in [1.807, 2.05) is 0 Å². The highest BCUT2D eigenvalue weighted by molar-refractivity contribution is 5.91. The Kier molecular flexibility index (Phi) is 4.25. The molecule has 1 amide bonds. The van der Waals surface area contributed by atoms with Crippen molar-refractivity contribution in [3.05, 3.63) is 29.8 Å². The molecule has 2 N–H and O–H groups in total. The van der Waals surface area contributed by atoms with Gasteiger partial charge in [0.2, 0.25) is 5.91 Å². The molecule has 1 aromatic carbocycles. The molecule has 0 bridgehead atoms. The van der Waals surface area contributed by atoms with E-state index in [0.29, 0.717) is 6.42 Å². The SMILES string of the molecule is O=C(CC1CCCCN1)Nc1cc(F)cc(F)c1. The number of nitrogens with one attached hydrogen (secondary N) is 2. The van der Waals surface area contributed by atoms with Crippen LogP contribution in [0.1, 0.15) is 25.7 Å². The van der Waals surface area contributed by atoms with Crippen LogP contribution in [0, 0.1) is 11.6 Å². The number of rotatable bonds is 3. The predicted molar refractivity (Wildman–Crippen MR) is 65.2 cm³/mol. The van der Waals surface area contributed by atoms with Gasteiger partial charge in [-0.3, -0.25) is 4.79 Å². The van der Waals surface area contributed by atoms with Crippen molar-refractivity contribution in [2.45, 2.75) is 31.7 Å². The molecule has 18 heavy (non-hydrogen) atoms. The van der Waals surface area contributed by atoms with Crippen molar-refractivity contribution < 1.29 is 13.6 Å². The first kappa shape index (κ1) is 13.0. The van der Waals surface area contributed by atoms with Crippen LogP contribution in [0.5, 0.6) is 0 Å². The van der Waals surface area contributed by atoms with E-state index in [-0.39, 0.29) is 17.6 Å². The number of hydrogen-bond acceptors (Lipinski definition) is 2. The van der Waals surface area contributed by atoms with Crippen LogP contribution >= 0.6 is 0 Å². The molecule has 1 saturated heterocycles. The summed E-state index contributed by atoms with van der Waals surface area (Å²) in [6.07, 6.45) is 3.54. The molecule has 0 aromatic heterocycles. The van der Waals surface area contributed by atoms with Crippen LogP contribution in [-0.2, 0) is 4.79 Å². The van der Waals surface area contributed by atoms with Crippen molar-refractivity contribution in [2.24, 2.45) is 0 Å². The molecule has 5 heteroatoms. The summed E-state index contributed by atoms with van der Waals surface area (Å²) in [5.41, 5.74) is 0.160. The molecule has 0 aliphatic carbocycles. The first-order chi connectivity index (χ1) is 8.63. The fourth-order valence-corrected chi connectivity index (χ4v) is 2.16. The third kappa shape index (κ3) is 3.77. The van der Waals surface area contributed by atoms with E-state index in [4.69, 9.17) is 0 Å². The molecular formula is C13H16F2N2O. The second-order valence-corrected chi connectivity index (χ2v) is 4.56. The van der Waals surface area contributed by atoms with E-state index < -0.39 is 11.6 Å². The third-order valence-corrected chi connectivity index (χ3v) is 2.99. The van der Waals surface area contributed by atoms with Gasteiger partial charge in [-0.15, -0.1) is 0 Å². The highest BCUT2D eigenvalue weighted by Gasteiger charge is 2.16. The molecule has 0 spiro atoms. The zero-order chi connectivity index (χ0) is 13.0. The summed E-state index contributed by atoms with van der Waals surface area (Å²) in [6, 6.07) is 3.15. The van der Waals surface area contributed by atoms with E-state index in [9.17, 15) is 13.6 Å². The molecule has 0 saturated carbocycles. The molecule has 1 aromatic rings. The van der Waals surface area contributed by atoms with Crippen molar-refractivity contribution in [1.29, 1.82) is 0 Å². The molecule has 98 valence electrons. The molecule has 1 fully saturated rings. The lowest BCUT2D eigenvalue weighted by molar-refractivity contribution is -0.116. The van der Waals surface area contributed by atoms with E-state index in [2.05, 4.69) is 10.6 Å². The third-order valence-electron chi connectivity index (χ3n) is 2.99. The van der Waals surface area contributed by atoms with Gasteiger partial charge >= 0.3 is 0 Å². The zero-order valence-electron chi connectivity index (χ0n) is 10.0. The maximum absolute atomic E-state index is 12.9. The highest BCUT2D eigenvalue weighted by atomic mass is 19.1. The number of halogens is 2. The Balaban J connectivity index is 1.89. The number of carbonyl (C=O) groups is 1. The second-order valence-electron chi connectivity index (χ2n) is 4.56. The van der Waals surface area contributed by atoms with Gasteiger partial charge in [-0.25, -0.2) is 8.78 Å². The van der Waals surface area contributed by atoms with Crippen molar-refractivity contribution in [1.82, 2.24) is 5.32 Å². The summed E-state index contributed by atoms with van der Waals surface area (Å²) in [4.78, 5) is 11.7. The molecule has 0 radical (unpaired) electrons. The summed E-state index contributed by atoms with van der Waals surface area (Å²) in [5.74, 6) is -1.61. The minimum Gasteiger partial charge on any atom is -0.326 e. The summed E-state index contributed by atoms with van der Waals surface area (Å²) in [5, 5.41) is 5.76. The number of amides is 1. The van der Waals surface area contributed by atoms with Crippen LogP contribution < -0.4 is 10.6 Å². The minimum atomic E-state index is -0.693. The first-order valence-corrected chi connectivity index (χ1v) is 6.13. The lowest BCUT2D eigenvalue weighted by Crippen LogP contribution is -2.36. The van der Waals surface area contributed by atoms with E-state index >= 15 is 0 Å². The summed E-state index contributed by atoms with van der Waals surface area (Å²) in [7, 11) is 0. The topological polar surface area (TPSA) is 41.1 Å². The Bertz CT molecular complexity index is 411. The Hall–Kier alpha value is -1.49. The van der Waals surface area contributed by atoms with Crippen LogP contribution in [0.15, 0.2) is 18.2 Å². The van der Waals surface area contributed by atoms with Gasteiger partial charge in [-0.2, -0.15) is 0 Å². The predicted octanol–water partition coefficient (Wildman–Crippen LogP) is 2.44.